The number of nitrogens with zero attached hydrogens (tertiary/aromatic N) is 2. The first-order chi connectivity index (χ1) is 24.2. The highest BCUT2D eigenvalue weighted by Gasteiger charge is 2.28. The normalized spacial score (nSPS) is 15.6. The van der Waals surface area contributed by atoms with E-state index in [9.17, 15) is 27.2 Å². The Kier molecular flexibility index (Phi) is 11.2. The number of halogens is 4. The van der Waals surface area contributed by atoms with Crippen LogP contribution >= 0.6 is 0 Å². The molecule has 0 aromatic heterocycles. The summed E-state index contributed by atoms with van der Waals surface area (Å²) in [6.45, 7) is 1.47. The fourth-order valence-corrected chi connectivity index (χ4v) is 6.29. The topological polar surface area (TPSA) is 59.1 Å². The Balaban J connectivity index is 1.01. The van der Waals surface area contributed by atoms with Crippen molar-refractivity contribution in [2.45, 2.75) is 37.5 Å². The predicted octanol–water partition coefficient (Wildman–Crippen LogP) is 8.17. The number of hydrogen-bond donors (Lipinski definition) is 0. The van der Waals surface area contributed by atoms with Crippen LogP contribution in [0.5, 0.6) is 0 Å². The molecular formula is C40H36F4N2O4. The lowest BCUT2D eigenvalue weighted by Gasteiger charge is -2.29. The van der Waals surface area contributed by atoms with Gasteiger partial charge in [-0.05, 0) is 96.5 Å². The van der Waals surface area contributed by atoms with Crippen molar-refractivity contribution in [1.29, 1.82) is 0 Å². The van der Waals surface area contributed by atoms with Gasteiger partial charge in [0, 0.05) is 38.0 Å². The highest BCUT2D eigenvalue weighted by atomic mass is 19.1. The molecule has 0 spiro atoms. The average Bonchev–Trinajstić information content (AvgIpc) is 3.13. The smallest absolute Gasteiger partial charge is 0.359 e. The van der Waals surface area contributed by atoms with Crippen molar-refractivity contribution < 1.29 is 36.8 Å². The van der Waals surface area contributed by atoms with Crippen LogP contribution in [-0.2, 0) is 19.3 Å². The third-order valence-corrected chi connectivity index (χ3v) is 9.04. The van der Waals surface area contributed by atoms with E-state index in [0.29, 0.717) is 51.9 Å². The van der Waals surface area contributed by atoms with Crippen molar-refractivity contribution in [3.05, 3.63) is 166 Å². The number of rotatable bonds is 8. The van der Waals surface area contributed by atoms with Gasteiger partial charge in [0.1, 0.15) is 23.3 Å². The van der Waals surface area contributed by atoms with E-state index in [1.165, 1.54) is 58.7 Å². The standard InChI is InChI=1S/C40H36F4N2O4/c41-33-9-1-29(2-10-33)37(30-3-11-34(42)12-4-30)25-27-17-21-45(22-18-27)49-39(47)40(48)50-46-23-19-28(20-24-46)26-38(31-5-13-35(43)14-6-31)32-7-15-36(44)16-8-32/h1-16,25-26,37-38H,17-24H2. The van der Waals surface area contributed by atoms with E-state index in [1.807, 2.05) is 0 Å². The van der Waals surface area contributed by atoms with E-state index in [1.54, 1.807) is 48.5 Å². The fourth-order valence-electron chi connectivity index (χ4n) is 6.29. The first-order valence-corrected chi connectivity index (χ1v) is 16.6. The molecule has 0 radical (unpaired) electrons. The number of piperidine rings is 2. The van der Waals surface area contributed by atoms with Crippen LogP contribution in [0.25, 0.3) is 0 Å². The van der Waals surface area contributed by atoms with Crippen molar-refractivity contribution >= 4 is 11.9 Å². The molecule has 0 saturated carbocycles. The maximum atomic E-state index is 13.6. The van der Waals surface area contributed by atoms with Gasteiger partial charge in [0.05, 0.1) is 0 Å². The number of benzene rings is 4. The summed E-state index contributed by atoms with van der Waals surface area (Å²) in [5, 5.41) is 2.88. The highest BCUT2D eigenvalue weighted by Crippen LogP contribution is 2.32. The van der Waals surface area contributed by atoms with E-state index in [2.05, 4.69) is 12.2 Å². The monoisotopic (exact) mass is 684 g/mol. The van der Waals surface area contributed by atoms with Crippen LogP contribution in [0.4, 0.5) is 17.6 Å². The van der Waals surface area contributed by atoms with Crippen LogP contribution < -0.4 is 0 Å². The van der Waals surface area contributed by atoms with Crippen molar-refractivity contribution in [3.8, 4) is 0 Å². The quantitative estimate of drug-likeness (QED) is 0.106. The molecule has 0 bridgehead atoms. The Morgan fingerprint density at radius 1 is 0.460 bits per heavy atom. The Morgan fingerprint density at radius 2 is 0.700 bits per heavy atom. The molecule has 4 aromatic rings. The molecule has 258 valence electrons. The first-order valence-electron chi connectivity index (χ1n) is 16.6. The molecule has 50 heavy (non-hydrogen) atoms. The van der Waals surface area contributed by atoms with Gasteiger partial charge in [0.15, 0.2) is 0 Å². The summed E-state index contributed by atoms with van der Waals surface area (Å²) in [7, 11) is 0. The summed E-state index contributed by atoms with van der Waals surface area (Å²) in [5.74, 6) is -4.02. The van der Waals surface area contributed by atoms with Crippen LogP contribution in [0.15, 0.2) is 120 Å². The maximum Gasteiger partial charge on any atom is 0.438 e. The van der Waals surface area contributed by atoms with Crippen molar-refractivity contribution in [2.75, 3.05) is 26.2 Å². The molecule has 0 amide bonds. The summed E-state index contributed by atoms with van der Waals surface area (Å²) in [6.07, 6.45) is 6.43. The molecule has 2 aliphatic heterocycles. The van der Waals surface area contributed by atoms with Crippen LogP contribution in [0.2, 0.25) is 0 Å². The van der Waals surface area contributed by atoms with Crippen LogP contribution in [0, 0.1) is 23.3 Å². The van der Waals surface area contributed by atoms with Gasteiger partial charge in [-0.1, -0.05) is 71.8 Å². The van der Waals surface area contributed by atoms with Gasteiger partial charge in [-0.25, -0.2) is 27.2 Å². The van der Waals surface area contributed by atoms with Gasteiger partial charge in [0.25, 0.3) is 0 Å². The van der Waals surface area contributed by atoms with E-state index < -0.39 is 11.9 Å². The molecule has 0 N–H and O–H groups in total. The van der Waals surface area contributed by atoms with Gasteiger partial charge >= 0.3 is 11.9 Å². The lowest BCUT2D eigenvalue weighted by Crippen LogP contribution is -2.40. The summed E-state index contributed by atoms with van der Waals surface area (Å²) < 4.78 is 54.5. The molecule has 2 aliphatic rings. The molecule has 4 aromatic carbocycles. The van der Waals surface area contributed by atoms with E-state index in [0.717, 1.165) is 33.4 Å². The van der Waals surface area contributed by atoms with Crippen molar-refractivity contribution in [2.24, 2.45) is 0 Å². The minimum Gasteiger partial charge on any atom is -0.359 e. The second-order valence-electron chi connectivity index (χ2n) is 12.4. The molecule has 6 rings (SSSR count). The van der Waals surface area contributed by atoms with Crippen LogP contribution in [0.3, 0.4) is 0 Å². The molecule has 2 fully saturated rings. The maximum absolute atomic E-state index is 13.6. The van der Waals surface area contributed by atoms with Crippen molar-refractivity contribution in [3.63, 3.8) is 0 Å². The third-order valence-electron chi connectivity index (χ3n) is 9.04. The lowest BCUT2D eigenvalue weighted by molar-refractivity contribution is -0.220. The number of carbonyl (C=O) groups is 2. The van der Waals surface area contributed by atoms with Gasteiger partial charge in [-0.3, -0.25) is 0 Å². The summed E-state index contributed by atoms with van der Waals surface area (Å²) in [6, 6.07) is 24.8. The van der Waals surface area contributed by atoms with Gasteiger partial charge in [-0.15, -0.1) is 10.1 Å². The lowest BCUT2D eigenvalue weighted by atomic mass is 9.87. The largest absolute Gasteiger partial charge is 0.438 e. The Hall–Kier alpha value is -5.06. The molecule has 2 heterocycles. The van der Waals surface area contributed by atoms with Crippen molar-refractivity contribution in [1.82, 2.24) is 10.1 Å². The molecule has 0 atom stereocenters. The number of carbonyl (C=O) groups excluding carboxylic acids is 2. The number of allylic oxidation sites excluding steroid dienone is 2. The molecule has 0 unspecified atom stereocenters. The Bertz CT molecular complexity index is 1590. The minimum atomic E-state index is -1.11. The summed E-state index contributed by atoms with van der Waals surface area (Å²) in [4.78, 5) is 36.0. The minimum absolute atomic E-state index is 0.216. The SMILES string of the molecule is O=C(ON1CCC(=CC(c2ccc(F)cc2)c2ccc(F)cc2)CC1)C(=O)ON1CCC(=CC(c2ccc(F)cc2)c2ccc(F)cc2)CC1. The molecule has 0 aliphatic carbocycles. The summed E-state index contributed by atoms with van der Waals surface area (Å²) in [5.41, 5.74) is 5.64. The van der Waals surface area contributed by atoms with E-state index in [4.69, 9.17) is 9.68 Å². The number of hydroxylamine groups is 4. The Labute approximate surface area is 288 Å². The van der Waals surface area contributed by atoms with E-state index in [-0.39, 0.29) is 35.1 Å². The third kappa shape index (κ3) is 9.13. The zero-order valence-corrected chi connectivity index (χ0v) is 27.2. The highest BCUT2D eigenvalue weighted by molar-refractivity contribution is 6.29. The van der Waals surface area contributed by atoms with Gasteiger partial charge < -0.3 is 9.68 Å². The molecule has 6 nitrogen and oxygen atoms in total. The first kappa shape index (κ1) is 34.8. The van der Waals surface area contributed by atoms with Gasteiger partial charge in [0.2, 0.25) is 0 Å². The molecule has 10 heteroatoms. The van der Waals surface area contributed by atoms with Crippen LogP contribution in [-0.4, -0.2) is 48.2 Å². The average molecular weight is 685 g/mol. The molecule has 2 saturated heterocycles. The van der Waals surface area contributed by atoms with Crippen LogP contribution in [0.1, 0.15) is 59.8 Å². The second kappa shape index (κ2) is 16.1. The summed E-state index contributed by atoms with van der Waals surface area (Å²) >= 11 is 0. The number of hydrogen-bond acceptors (Lipinski definition) is 6. The zero-order chi connectivity index (χ0) is 35.0. The zero-order valence-electron chi connectivity index (χ0n) is 27.2. The predicted molar refractivity (Wildman–Crippen MR) is 179 cm³/mol. The van der Waals surface area contributed by atoms with E-state index >= 15 is 0 Å². The fraction of sp³-hybridized carbons (Fsp3) is 0.250. The molecular weight excluding hydrogens is 648 g/mol. The Morgan fingerprint density at radius 3 is 0.940 bits per heavy atom. The second-order valence-corrected chi connectivity index (χ2v) is 12.4. The van der Waals surface area contributed by atoms with Gasteiger partial charge in [-0.2, -0.15) is 0 Å².